The van der Waals surface area contributed by atoms with Gasteiger partial charge in [0.1, 0.15) is 0 Å². The van der Waals surface area contributed by atoms with Gasteiger partial charge >= 0.3 is 0 Å². The largest absolute Gasteiger partial charge is 0.137 e. The molecule has 0 aliphatic carbocycles. The monoisotopic (exact) mass is 258 g/mol. The van der Waals surface area contributed by atoms with Crippen molar-refractivity contribution in [1.82, 2.24) is 0 Å². The lowest BCUT2D eigenvalue weighted by Gasteiger charge is -1.84. The van der Waals surface area contributed by atoms with Gasteiger partial charge in [-0.05, 0) is 39.6 Å². The van der Waals surface area contributed by atoms with Gasteiger partial charge in [-0.1, -0.05) is 0 Å². The molecule has 0 N–H and O–H groups in total. The Morgan fingerprint density at radius 3 is 2.75 bits per heavy atom. The molecule has 0 aliphatic rings. The lowest BCUT2D eigenvalue weighted by Crippen LogP contribution is -1.70. The highest BCUT2D eigenvalue weighted by Gasteiger charge is 1.95. The molecule has 44 valence electrons. The molecule has 0 atom stereocenters. The summed E-state index contributed by atoms with van der Waals surface area (Å²) in [6, 6.07) is 2.06. The van der Waals surface area contributed by atoms with E-state index in [9.17, 15) is 0 Å². The van der Waals surface area contributed by atoms with E-state index in [2.05, 4.69) is 34.0 Å². The first kappa shape index (κ1) is 6.83. The van der Waals surface area contributed by atoms with Crippen molar-refractivity contribution in [3.63, 3.8) is 0 Å². The van der Waals surface area contributed by atoms with E-state index >= 15 is 0 Å². The van der Waals surface area contributed by atoms with Gasteiger partial charge in [0.2, 0.25) is 0 Å². The summed E-state index contributed by atoms with van der Waals surface area (Å²) in [6.45, 7) is 0. The van der Waals surface area contributed by atoms with E-state index in [-0.39, 0.29) is 0 Å². The normalized spacial score (nSPS) is 9.75. The van der Waals surface area contributed by atoms with E-state index in [4.69, 9.17) is 11.6 Å². The van der Waals surface area contributed by atoms with Crippen LogP contribution in [0, 0.1) is 2.88 Å². The van der Waals surface area contributed by atoms with Crippen molar-refractivity contribution in [2.75, 3.05) is 0 Å². The van der Waals surface area contributed by atoms with Gasteiger partial charge in [0.05, 0.1) is 2.88 Å². The van der Waals surface area contributed by atoms with Gasteiger partial charge in [-0.15, -0.1) is 22.9 Å². The van der Waals surface area contributed by atoms with Crippen molar-refractivity contribution >= 4 is 45.5 Å². The molecular weight excluding hydrogens is 254 g/mol. The summed E-state index contributed by atoms with van der Waals surface area (Å²) >= 11 is 9.60. The average molecular weight is 259 g/mol. The number of thiophene rings is 1. The Morgan fingerprint density at radius 1 is 1.75 bits per heavy atom. The second kappa shape index (κ2) is 3.03. The molecule has 0 fully saturated rings. The third-order valence-corrected chi connectivity index (χ3v) is 3.32. The molecule has 0 nitrogen and oxygen atoms in total. The van der Waals surface area contributed by atoms with Crippen LogP contribution in [-0.2, 0) is 5.88 Å². The lowest BCUT2D eigenvalue weighted by atomic mass is 10.4. The number of halogens is 2. The number of hydrogen-bond acceptors (Lipinski definition) is 1. The molecule has 0 amide bonds. The summed E-state index contributed by atoms with van der Waals surface area (Å²) in [7, 11) is 0. The first-order valence-electron chi connectivity index (χ1n) is 2.12. The van der Waals surface area contributed by atoms with Crippen molar-refractivity contribution in [2.45, 2.75) is 5.88 Å². The zero-order valence-corrected chi connectivity index (χ0v) is 7.76. The highest BCUT2D eigenvalue weighted by Crippen LogP contribution is 2.19. The zero-order valence-electron chi connectivity index (χ0n) is 4.03. The molecule has 0 radical (unpaired) electrons. The van der Waals surface area contributed by atoms with Crippen molar-refractivity contribution < 1.29 is 0 Å². The highest BCUT2D eigenvalue weighted by atomic mass is 127. The van der Waals surface area contributed by atoms with E-state index < -0.39 is 0 Å². The van der Waals surface area contributed by atoms with Crippen molar-refractivity contribution in [2.24, 2.45) is 0 Å². The minimum Gasteiger partial charge on any atom is -0.137 e. The summed E-state index contributed by atoms with van der Waals surface area (Å²) in [5.74, 6) is 0.641. The molecule has 0 aliphatic heterocycles. The number of alkyl halides is 1. The Kier molecular flexibility index (Phi) is 2.59. The molecule has 0 spiro atoms. The second-order valence-corrected chi connectivity index (χ2v) is 4.35. The fourth-order valence-corrected chi connectivity index (χ4v) is 2.40. The first-order chi connectivity index (χ1) is 3.84. The van der Waals surface area contributed by atoms with Crippen molar-refractivity contribution in [3.8, 4) is 0 Å². The van der Waals surface area contributed by atoms with Gasteiger partial charge in [-0.3, -0.25) is 0 Å². The smallest absolute Gasteiger partial charge is 0.0697 e. The molecule has 0 bridgehead atoms. The Labute approximate surface area is 71.0 Å². The molecule has 1 aromatic rings. The van der Waals surface area contributed by atoms with Crippen LogP contribution >= 0.6 is 45.5 Å². The van der Waals surface area contributed by atoms with Gasteiger partial charge in [0.15, 0.2) is 0 Å². The van der Waals surface area contributed by atoms with Crippen LogP contribution in [0.1, 0.15) is 5.56 Å². The van der Waals surface area contributed by atoms with Crippen LogP contribution < -0.4 is 0 Å². The van der Waals surface area contributed by atoms with E-state index in [0.717, 1.165) is 0 Å². The lowest BCUT2D eigenvalue weighted by molar-refractivity contribution is 1.44. The van der Waals surface area contributed by atoms with E-state index in [1.165, 1.54) is 8.45 Å². The SMILES string of the molecule is ClCc1ccsc1I. The fraction of sp³-hybridized carbons (Fsp3) is 0.200. The average Bonchev–Trinajstić information content (AvgIpc) is 2.14. The van der Waals surface area contributed by atoms with Gasteiger partial charge in [-0.2, -0.15) is 0 Å². The minimum absolute atomic E-state index is 0.641. The van der Waals surface area contributed by atoms with Gasteiger partial charge in [0, 0.05) is 5.88 Å². The highest BCUT2D eigenvalue weighted by molar-refractivity contribution is 14.1. The molecule has 3 heteroatoms. The number of rotatable bonds is 1. The van der Waals surface area contributed by atoms with Crippen LogP contribution in [0.25, 0.3) is 0 Å². The van der Waals surface area contributed by atoms with Crippen LogP contribution in [0.3, 0.4) is 0 Å². The molecule has 0 aromatic carbocycles. The molecule has 8 heavy (non-hydrogen) atoms. The van der Waals surface area contributed by atoms with E-state index in [1.54, 1.807) is 11.3 Å². The van der Waals surface area contributed by atoms with Gasteiger partial charge < -0.3 is 0 Å². The molecule has 0 saturated carbocycles. The van der Waals surface area contributed by atoms with Crippen molar-refractivity contribution in [1.29, 1.82) is 0 Å². The van der Waals surface area contributed by atoms with Gasteiger partial charge in [-0.25, -0.2) is 0 Å². The van der Waals surface area contributed by atoms with E-state index in [0.29, 0.717) is 5.88 Å². The third kappa shape index (κ3) is 1.36. The molecule has 0 saturated heterocycles. The maximum atomic E-state index is 5.58. The summed E-state index contributed by atoms with van der Waals surface area (Å²) in [6.07, 6.45) is 0. The Hall–Kier alpha value is 0.720. The predicted molar refractivity (Wildman–Crippen MR) is 46.6 cm³/mol. The number of hydrogen-bond donors (Lipinski definition) is 0. The summed E-state index contributed by atoms with van der Waals surface area (Å²) in [5.41, 5.74) is 1.25. The predicted octanol–water partition coefficient (Wildman–Crippen LogP) is 3.09. The maximum Gasteiger partial charge on any atom is 0.0697 e. The second-order valence-electron chi connectivity index (χ2n) is 1.35. The quantitative estimate of drug-likeness (QED) is 0.536. The minimum atomic E-state index is 0.641. The van der Waals surface area contributed by atoms with Crippen molar-refractivity contribution in [3.05, 3.63) is 19.9 Å². The van der Waals surface area contributed by atoms with E-state index in [1.807, 2.05) is 0 Å². The molecule has 0 unspecified atom stereocenters. The summed E-state index contributed by atoms with van der Waals surface area (Å²) in [4.78, 5) is 0. The fourth-order valence-electron chi connectivity index (χ4n) is 0.414. The van der Waals surface area contributed by atoms with Gasteiger partial charge in [0.25, 0.3) is 0 Å². The summed E-state index contributed by atoms with van der Waals surface area (Å²) in [5, 5.41) is 2.06. The maximum absolute atomic E-state index is 5.58. The van der Waals surface area contributed by atoms with Crippen LogP contribution in [-0.4, -0.2) is 0 Å². The Balaban J connectivity index is 2.92. The third-order valence-electron chi connectivity index (χ3n) is 0.837. The zero-order chi connectivity index (χ0) is 5.98. The molecule has 1 rings (SSSR count). The van der Waals surface area contributed by atoms with Crippen LogP contribution in [0.5, 0.6) is 0 Å². The van der Waals surface area contributed by atoms with Crippen LogP contribution in [0.15, 0.2) is 11.4 Å². The summed E-state index contributed by atoms with van der Waals surface area (Å²) < 4.78 is 1.30. The first-order valence-corrected chi connectivity index (χ1v) is 4.61. The molecule has 1 aromatic heterocycles. The van der Waals surface area contributed by atoms with Crippen LogP contribution in [0.2, 0.25) is 0 Å². The Morgan fingerprint density at radius 2 is 2.50 bits per heavy atom. The standard InChI is InChI=1S/C5H4ClIS/c6-3-4-1-2-8-5(4)7/h1-2H,3H2. The molecular formula is C5H4ClIS. The Bertz CT molecular complexity index is 173. The van der Waals surface area contributed by atoms with Crippen LogP contribution in [0.4, 0.5) is 0 Å². The molecule has 1 heterocycles. The topological polar surface area (TPSA) is 0 Å².